The maximum atomic E-state index is 11.7. The summed E-state index contributed by atoms with van der Waals surface area (Å²) in [7, 11) is 1.64. The highest BCUT2D eigenvalue weighted by molar-refractivity contribution is 14.0. The molecule has 1 amide bonds. The van der Waals surface area contributed by atoms with Crippen LogP contribution in [-0.2, 0) is 12.8 Å². The van der Waals surface area contributed by atoms with Crippen molar-refractivity contribution in [2.24, 2.45) is 4.99 Å². The van der Waals surface area contributed by atoms with Gasteiger partial charge in [0.15, 0.2) is 5.96 Å². The van der Waals surface area contributed by atoms with E-state index in [1.54, 1.807) is 7.05 Å². The highest BCUT2D eigenvalue weighted by Gasteiger charge is 2.04. The number of aliphatic imine (C=N–C) groups is 1. The first-order valence-electron chi connectivity index (χ1n) is 9.37. The second-order valence-corrected chi connectivity index (χ2v) is 6.27. The molecule has 1 aromatic heterocycles. The maximum absolute atomic E-state index is 11.7. The quantitative estimate of drug-likeness (QED) is 0.299. The van der Waals surface area contributed by atoms with E-state index in [4.69, 9.17) is 0 Å². The lowest BCUT2D eigenvalue weighted by atomic mass is 10.1. The van der Waals surface area contributed by atoms with Crippen molar-refractivity contribution in [3.05, 3.63) is 65.0 Å². The molecule has 0 radical (unpaired) electrons. The Morgan fingerprint density at radius 2 is 1.93 bits per heavy atom. The van der Waals surface area contributed by atoms with E-state index in [1.165, 1.54) is 5.56 Å². The van der Waals surface area contributed by atoms with Gasteiger partial charge < -0.3 is 16.0 Å². The number of amides is 1. The van der Waals surface area contributed by atoms with Crippen LogP contribution in [0.4, 0.5) is 0 Å². The van der Waals surface area contributed by atoms with Crippen LogP contribution in [0, 0.1) is 6.92 Å². The Bertz CT molecular complexity index is 762. The number of aryl methyl sites for hydroxylation is 1. The van der Waals surface area contributed by atoms with E-state index in [2.05, 4.69) is 32.0 Å². The number of hydrogen-bond donors (Lipinski definition) is 3. The topological polar surface area (TPSA) is 78.4 Å². The lowest BCUT2D eigenvalue weighted by Crippen LogP contribution is -2.38. The van der Waals surface area contributed by atoms with Crippen LogP contribution >= 0.6 is 24.0 Å². The van der Waals surface area contributed by atoms with Gasteiger partial charge in [0, 0.05) is 44.1 Å². The van der Waals surface area contributed by atoms with Crippen molar-refractivity contribution in [1.82, 2.24) is 20.9 Å². The van der Waals surface area contributed by atoms with Crippen LogP contribution < -0.4 is 16.0 Å². The highest BCUT2D eigenvalue weighted by Crippen LogP contribution is 2.06. The van der Waals surface area contributed by atoms with Gasteiger partial charge in [-0.1, -0.05) is 18.2 Å². The molecule has 1 aromatic carbocycles. The van der Waals surface area contributed by atoms with E-state index < -0.39 is 0 Å². The highest BCUT2D eigenvalue weighted by atomic mass is 127. The third kappa shape index (κ3) is 8.24. The Hall–Kier alpha value is -2.16. The molecular weight excluding hydrogens is 465 g/mol. The first-order valence-corrected chi connectivity index (χ1v) is 9.37. The van der Waals surface area contributed by atoms with E-state index in [9.17, 15) is 4.79 Å². The van der Waals surface area contributed by atoms with Crippen LogP contribution in [0.15, 0.2) is 47.6 Å². The van der Waals surface area contributed by atoms with Gasteiger partial charge in [0.25, 0.3) is 5.91 Å². The van der Waals surface area contributed by atoms with Crippen molar-refractivity contribution >= 4 is 35.8 Å². The average molecular weight is 495 g/mol. The molecule has 0 bridgehead atoms. The molecule has 0 aliphatic carbocycles. The summed E-state index contributed by atoms with van der Waals surface area (Å²) >= 11 is 0. The summed E-state index contributed by atoms with van der Waals surface area (Å²) in [6.07, 6.45) is 3.59. The van der Waals surface area contributed by atoms with Gasteiger partial charge in [-0.25, -0.2) is 0 Å². The third-order valence-corrected chi connectivity index (χ3v) is 4.11. The Balaban J connectivity index is 0.00000392. The van der Waals surface area contributed by atoms with Crippen molar-refractivity contribution in [3.63, 3.8) is 0 Å². The van der Waals surface area contributed by atoms with Crippen molar-refractivity contribution in [1.29, 1.82) is 0 Å². The summed E-state index contributed by atoms with van der Waals surface area (Å²) in [5, 5.41) is 9.27. The van der Waals surface area contributed by atoms with Crippen LogP contribution in [0.5, 0.6) is 0 Å². The molecule has 1 heterocycles. The number of hydrogen-bond acceptors (Lipinski definition) is 3. The molecule has 152 valence electrons. The van der Waals surface area contributed by atoms with Crippen LogP contribution in [0.3, 0.4) is 0 Å². The van der Waals surface area contributed by atoms with Crippen molar-refractivity contribution in [2.75, 3.05) is 26.7 Å². The fraction of sp³-hybridized carbons (Fsp3) is 0.381. The Kier molecular flexibility index (Phi) is 11.2. The van der Waals surface area contributed by atoms with E-state index in [0.29, 0.717) is 12.1 Å². The number of guanidine groups is 1. The summed E-state index contributed by atoms with van der Waals surface area (Å²) in [5.74, 6) is 0.737. The standard InChI is InChI=1S/C21H29N5O.HI/c1-4-23-21(25-13-11-18-9-8-16(2)26-15-18)24-12-10-17-6-5-7-19(14-17)20(27)22-3;/h5-9,14-15H,4,10-13H2,1-3H3,(H,22,27)(H2,23,24,25);1H. The lowest BCUT2D eigenvalue weighted by molar-refractivity contribution is 0.0963. The molecule has 0 unspecified atom stereocenters. The van der Waals surface area contributed by atoms with Crippen molar-refractivity contribution in [2.45, 2.75) is 26.7 Å². The van der Waals surface area contributed by atoms with E-state index in [1.807, 2.05) is 50.4 Å². The number of halogens is 1. The number of rotatable bonds is 8. The maximum Gasteiger partial charge on any atom is 0.251 e. The molecule has 28 heavy (non-hydrogen) atoms. The molecule has 3 N–H and O–H groups in total. The van der Waals surface area contributed by atoms with Gasteiger partial charge in [-0.3, -0.25) is 14.8 Å². The molecule has 6 nitrogen and oxygen atoms in total. The molecular formula is C21H30IN5O. The molecule has 0 fully saturated rings. The largest absolute Gasteiger partial charge is 0.357 e. The second kappa shape index (κ2) is 13.1. The Labute approximate surface area is 184 Å². The summed E-state index contributed by atoms with van der Waals surface area (Å²) < 4.78 is 0. The first-order chi connectivity index (χ1) is 13.1. The number of carbonyl (C=O) groups excluding carboxylic acids is 1. The molecule has 0 saturated heterocycles. The molecule has 0 atom stereocenters. The van der Waals surface area contributed by atoms with E-state index in [0.717, 1.165) is 43.1 Å². The summed E-state index contributed by atoms with van der Waals surface area (Å²) in [6.45, 7) is 6.29. The average Bonchev–Trinajstić information content (AvgIpc) is 2.69. The SMILES string of the molecule is CCNC(=NCCc1cccc(C(=O)NC)c1)NCCc1ccc(C)nc1.I. The minimum Gasteiger partial charge on any atom is -0.357 e. The zero-order valence-electron chi connectivity index (χ0n) is 16.8. The monoisotopic (exact) mass is 495 g/mol. The smallest absolute Gasteiger partial charge is 0.251 e. The molecule has 7 heteroatoms. The van der Waals surface area contributed by atoms with Crippen molar-refractivity contribution < 1.29 is 4.79 Å². The van der Waals surface area contributed by atoms with Gasteiger partial charge in [0.1, 0.15) is 0 Å². The molecule has 0 aliphatic rings. The Morgan fingerprint density at radius 1 is 1.11 bits per heavy atom. The number of nitrogens with zero attached hydrogens (tertiary/aromatic N) is 2. The zero-order chi connectivity index (χ0) is 19.5. The zero-order valence-corrected chi connectivity index (χ0v) is 19.1. The second-order valence-electron chi connectivity index (χ2n) is 6.27. The predicted octanol–water partition coefficient (Wildman–Crippen LogP) is 2.71. The van der Waals surface area contributed by atoms with Crippen LogP contribution in [0.25, 0.3) is 0 Å². The normalized spacial score (nSPS) is 10.8. The molecule has 2 aromatic rings. The number of benzene rings is 1. The van der Waals surface area contributed by atoms with Gasteiger partial charge in [0.05, 0.1) is 0 Å². The number of pyridine rings is 1. The predicted molar refractivity (Wildman–Crippen MR) is 126 cm³/mol. The summed E-state index contributed by atoms with van der Waals surface area (Å²) in [6, 6.07) is 11.8. The molecule has 0 saturated carbocycles. The number of carbonyl (C=O) groups is 1. The van der Waals surface area contributed by atoms with E-state index in [-0.39, 0.29) is 29.9 Å². The van der Waals surface area contributed by atoms with E-state index >= 15 is 0 Å². The fourth-order valence-corrected chi connectivity index (χ4v) is 2.62. The minimum absolute atomic E-state index is 0. The third-order valence-electron chi connectivity index (χ3n) is 4.11. The number of nitrogens with one attached hydrogen (secondary N) is 3. The molecule has 2 rings (SSSR count). The fourth-order valence-electron chi connectivity index (χ4n) is 2.62. The minimum atomic E-state index is -0.0686. The van der Waals surface area contributed by atoms with Gasteiger partial charge in [-0.2, -0.15) is 0 Å². The van der Waals surface area contributed by atoms with Crippen LogP contribution in [-0.4, -0.2) is 43.5 Å². The first kappa shape index (κ1) is 23.9. The van der Waals surface area contributed by atoms with Crippen LogP contribution in [0.1, 0.15) is 34.1 Å². The number of aromatic nitrogens is 1. The van der Waals surface area contributed by atoms with Gasteiger partial charge >= 0.3 is 0 Å². The van der Waals surface area contributed by atoms with Gasteiger partial charge in [0.2, 0.25) is 0 Å². The molecule has 0 spiro atoms. The van der Waals surface area contributed by atoms with Crippen molar-refractivity contribution in [3.8, 4) is 0 Å². The lowest BCUT2D eigenvalue weighted by Gasteiger charge is -2.11. The summed E-state index contributed by atoms with van der Waals surface area (Å²) in [5.41, 5.74) is 4.01. The van der Waals surface area contributed by atoms with Crippen LogP contribution in [0.2, 0.25) is 0 Å². The Morgan fingerprint density at radius 3 is 2.61 bits per heavy atom. The summed E-state index contributed by atoms with van der Waals surface area (Å²) in [4.78, 5) is 20.7. The van der Waals surface area contributed by atoms with Gasteiger partial charge in [-0.15, -0.1) is 24.0 Å². The van der Waals surface area contributed by atoms with Gasteiger partial charge in [-0.05, 0) is 56.0 Å². The molecule has 0 aliphatic heterocycles.